The molecule has 1 spiro atoms. The van der Waals surface area contributed by atoms with Gasteiger partial charge in [0.15, 0.2) is 17.3 Å². The molecule has 0 amide bonds. The third-order valence-corrected chi connectivity index (χ3v) is 9.04. The summed E-state index contributed by atoms with van der Waals surface area (Å²) >= 11 is 3.56. The lowest BCUT2D eigenvalue weighted by molar-refractivity contribution is -0.127. The second-order valence-electron chi connectivity index (χ2n) is 11.6. The van der Waals surface area contributed by atoms with E-state index in [-0.39, 0.29) is 17.3 Å². The number of nitrogens with zero attached hydrogens (tertiary/aromatic N) is 1. The van der Waals surface area contributed by atoms with Gasteiger partial charge < -0.3 is 14.4 Å². The maximum absolute atomic E-state index is 14.7. The highest BCUT2D eigenvalue weighted by atomic mass is 79.9. The third-order valence-electron chi connectivity index (χ3n) is 8.55. The first-order chi connectivity index (χ1) is 19.0. The van der Waals surface area contributed by atoms with Crippen molar-refractivity contribution in [2.75, 3.05) is 19.1 Å². The van der Waals surface area contributed by atoms with Gasteiger partial charge in [-0.3, -0.25) is 14.4 Å². The highest BCUT2D eigenvalue weighted by molar-refractivity contribution is 9.10. The molecule has 204 valence electrons. The number of Topliss-reactive ketones (excluding diaryl/α,β-unsaturated/α-hetero) is 3. The van der Waals surface area contributed by atoms with Crippen LogP contribution >= 0.6 is 15.9 Å². The zero-order valence-corrected chi connectivity index (χ0v) is 24.6. The van der Waals surface area contributed by atoms with Crippen LogP contribution in [-0.2, 0) is 4.79 Å². The highest BCUT2D eigenvalue weighted by Gasteiger charge is 2.72. The van der Waals surface area contributed by atoms with Crippen molar-refractivity contribution < 1.29 is 23.9 Å². The Bertz CT molecular complexity index is 1580. The van der Waals surface area contributed by atoms with Crippen molar-refractivity contribution >= 4 is 45.0 Å². The second-order valence-corrected chi connectivity index (χ2v) is 12.5. The van der Waals surface area contributed by atoms with Gasteiger partial charge in [-0.2, -0.15) is 0 Å². The van der Waals surface area contributed by atoms with E-state index in [4.69, 9.17) is 9.47 Å². The maximum atomic E-state index is 14.7. The SMILES string of the molecule is COc1ccc(OC)c(C2C(C(=O)C(C)(C)C)N3c4ccc(Br)cc4C=CC3C23C(=O)c2ccccc2C3=O)c1. The summed E-state index contributed by atoms with van der Waals surface area (Å²) in [5.74, 6) is -0.410. The van der Waals surface area contributed by atoms with Crippen LogP contribution in [-0.4, -0.2) is 43.7 Å². The van der Waals surface area contributed by atoms with E-state index in [1.807, 2.05) is 62.1 Å². The molecule has 3 unspecified atom stereocenters. The summed E-state index contributed by atoms with van der Waals surface area (Å²) in [6, 6.07) is 16.7. The molecule has 3 aliphatic rings. The molecule has 0 radical (unpaired) electrons. The molecule has 40 heavy (non-hydrogen) atoms. The minimum absolute atomic E-state index is 0.0648. The molecule has 3 atom stereocenters. The second kappa shape index (κ2) is 9.16. The number of rotatable bonds is 4. The van der Waals surface area contributed by atoms with Crippen LogP contribution in [0.4, 0.5) is 5.69 Å². The summed E-state index contributed by atoms with van der Waals surface area (Å²) in [7, 11) is 3.12. The molecule has 6 nitrogen and oxygen atoms in total. The van der Waals surface area contributed by atoms with Gasteiger partial charge >= 0.3 is 0 Å². The minimum atomic E-state index is -1.59. The molecule has 2 heterocycles. The number of carbonyl (C=O) groups is 3. The summed E-state index contributed by atoms with van der Waals surface area (Å²) in [5.41, 5.74) is 0.728. The lowest BCUT2D eigenvalue weighted by Crippen LogP contribution is -2.49. The molecule has 1 aliphatic carbocycles. The Balaban J connectivity index is 1.74. The van der Waals surface area contributed by atoms with Gasteiger partial charge in [-0.15, -0.1) is 0 Å². The van der Waals surface area contributed by atoms with Crippen molar-refractivity contribution in [1.82, 2.24) is 0 Å². The average Bonchev–Trinajstić information content (AvgIpc) is 3.37. The molecular formula is C33H30BrNO5. The molecule has 6 rings (SSSR count). The Labute approximate surface area is 242 Å². The van der Waals surface area contributed by atoms with E-state index in [2.05, 4.69) is 15.9 Å². The molecular weight excluding hydrogens is 570 g/mol. The number of carbonyl (C=O) groups excluding carboxylic acids is 3. The maximum Gasteiger partial charge on any atom is 0.180 e. The topological polar surface area (TPSA) is 72.9 Å². The molecule has 7 heteroatoms. The third kappa shape index (κ3) is 3.49. The van der Waals surface area contributed by atoms with Crippen molar-refractivity contribution in [3.63, 3.8) is 0 Å². The van der Waals surface area contributed by atoms with E-state index in [0.29, 0.717) is 28.2 Å². The Morgan fingerprint density at radius 3 is 2.20 bits per heavy atom. The van der Waals surface area contributed by atoms with Crippen molar-refractivity contribution in [3.8, 4) is 11.5 Å². The molecule has 0 aromatic heterocycles. The summed E-state index contributed by atoms with van der Waals surface area (Å²) < 4.78 is 12.3. The van der Waals surface area contributed by atoms with Crippen molar-refractivity contribution in [2.45, 2.75) is 38.8 Å². The Morgan fingerprint density at radius 1 is 0.925 bits per heavy atom. The number of anilines is 1. The van der Waals surface area contributed by atoms with Crippen molar-refractivity contribution in [2.24, 2.45) is 10.8 Å². The fraction of sp³-hybridized carbons (Fsp3) is 0.303. The fourth-order valence-corrected chi connectivity index (χ4v) is 7.20. The molecule has 1 fully saturated rings. The number of fused-ring (bicyclic) bond motifs is 5. The van der Waals surface area contributed by atoms with E-state index in [1.165, 1.54) is 0 Å². The smallest absolute Gasteiger partial charge is 0.180 e. The summed E-state index contributed by atoms with van der Waals surface area (Å²) in [6.45, 7) is 5.64. The summed E-state index contributed by atoms with van der Waals surface area (Å²) in [5, 5.41) is 0. The highest BCUT2D eigenvalue weighted by Crippen LogP contribution is 2.62. The van der Waals surface area contributed by atoms with Crippen LogP contribution in [0.1, 0.15) is 58.5 Å². The number of methoxy groups -OCH3 is 2. The minimum Gasteiger partial charge on any atom is -0.497 e. The quantitative estimate of drug-likeness (QED) is 0.318. The standard InChI is InChI=1S/C33H30BrNO5/c1-32(2,3)31(38)28-27(23-17-20(39-4)12-14-25(23)40-5)33(29(36)21-8-6-7-9-22(21)30(33)37)26-15-10-18-16-19(34)11-13-24(18)35(26)28/h6-17,26-28H,1-5H3. The van der Waals surface area contributed by atoms with Crippen LogP contribution in [0.25, 0.3) is 6.08 Å². The largest absolute Gasteiger partial charge is 0.497 e. The van der Waals surface area contributed by atoms with Crippen LogP contribution in [0.3, 0.4) is 0 Å². The number of halogens is 1. The van der Waals surface area contributed by atoms with Gasteiger partial charge in [0, 0.05) is 38.2 Å². The Morgan fingerprint density at radius 2 is 1.60 bits per heavy atom. The molecule has 0 bridgehead atoms. The van der Waals surface area contributed by atoms with Gasteiger partial charge in [0.05, 0.1) is 26.3 Å². The summed E-state index contributed by atoms with van der Waals surface area (Å²) in [6.07, 6.45) is 3.88. The van der Waals surface area contributed by atoms with Crippen LogP contribution in [0.5, 0.6) is 11.5 Å². The number of ether oxygens (including phenoxy) is 2. The fourth-order valence-electron chi connectivity index (χ4n) is 6.82. The first-order valence-corrected chi connectivity index (χ1v) is 14.1. The monoisotopic (exact) mass is 599 g/mol. The first kappa shape index (κ1) is 26.5. The van der Waals surface area contributed by atoms with Crippen LogP contribution in [0, 0.1) is 10.8 Å². The normalized spacial score (nSPS) is 22.2. The van der Waals surface area contributed by atoms with Crippen LogP contribution in [0.2, 0.25) is 0 Å². The van der Waals surface area contributed by atoms with E-state index < -0.39 is 28.8 Å². The number of ketones is 3. The Kier molecular flexibility index (Phi) is 6.07. The number of benzene rings is 3. The van der Waals surface area contributed by atoms with Gasteiger partial charge in [0.2, 0.25) is 0 Å². The van der Waals surface area contributed by atoms with E-state index >= 15 is 0 Å². The van der Waals surface area contributed by atoms with Gasteiger partial charge in [0.1, 0.15) is 16.9 Å². The average molecular weight is 601 g/mol. The molecule has 1 saturated heterocycles. The molecule has 2 aliphatic heterocycles. The predicted octanol–water partition coefficient (Wildman–Crippen LogP) is 6.51. The Hall–Kier alpha value is -3.71. The van der Waals surface area contributed by atoms with Crippen LogP contribution < -0.4 is 14.4 Å². The predicted molar refractivity (Wildman–Crippen MR) is 158 cm³/mol. The lowest BCUT2D eigenvalue weighted by Gasteiger charge is -2.38. The van der Waals surface area contributed by atoms with Crippen LogP contribution in [0.15, 0.2) is 71.2 Å². The van der Waals surface area contributed by atoms with Gasteiger partial charge in [-0.1, -0.05) is 73.1 Å². The molecule has 3 aromatic rings. The number of hydrogen-bond donors (Lipinski definition) is 0. The zero-order chi connectivity index (χ0) is 28.6. The van der Waals surface area contributed by atoms with Gasteiger partial charge in [-0.25, -0.2) is 0 Å². The van der Waals surface area contributed by atoms with Gasteiger partial charge in [-0.05, 0) is 42.0 Å². The number of hydrogen-bond acceptors (Lipinski definition) is 6. The first-order valence-electron chi connectivity index (χ1n) is 13.3. The van der Waals surface area contributed by atoms with E-state index in [1.54, 1.807) is 50.6 Å². The van der Waals surface area contributed by atoms with E-state index in [0.717, 1.165) is 15.7 Å². The van der Waals surface area contributed by atoms with Crippen molar-refractivity contribution in [1.29, 1.82) is 0 Å². The van der Waals surface area contributed by atoms with Crippen molar-refractivity contribution in [3.05, 3.63) is 93.5 Å². The summed E-state index contributed by atoms with van der Waals surface area (Å²) in [4.78, 5) is 46.1. The lowest BCUT2D eigenvalue weighted by atomic mass is 9.63. The molecule has 3 aromatic carbocycles. The molecule has 0 N–H and O–H groups in total. The molecule has 0 saturated carbocycles. The zero-order valence-electron chi connectivity index (χ0n) is 23.0. The van der Waals surface area contributed by atoms with Gasteiger partial charge in [0.25, 0.3) is 0 Å². The van der Waals surface area contributed by atoms with E-state index in [9.17, 15) is 14.4 Å².